The maximum Gasteiger partial charge on any atom is 0.274 e. The number of hydrogen-bond acceptors (Lipinski definition) is 7. The molecular formula is C11H15N4O4+. The topological polar surface area (TPSA) is 126 Å². The van der Waals surface area contributed by atoms with Gasteiger partial charge >= 0.3 is 0 Å². The third kappa shape index (κ3) is 1.80. The van der Waals surface area contributed by atoms with Crippen molar-refractivity contribution >= 4 is 11.9 Å². The molecule has 8 heteroatoms. The van der Waals surface area contributed by atoms with E-state index in [1.165, 1.54) is 6.33 Å². The average molecular weight is 267 g/mol. The molecular weight excluding hydrogens is 252 g/mol. The van der Waals surface area contributed by atoms with Crippen LogP contribution in [0.3, 0.4) is 0 Å². The molecule has 0 aromatic carbocycles. The van der Waals surface area contributed by atoms with Crippen molar-refractivity contribution in [2.75, 3.05) is 12.3 Å². The highest BCUT2D eigenvalue weighted by Gasteiger charge is 2.51. The van der Waals surface area contributed by atoms with Crippen LogP contribution in [0.5, 0.6) is 0 Å². The van der Waals surface area contributed by atoms with Gasteiger partial charge in [0, 0.05) is 11.2 Å². The second-order valence-corrected chi connectivity index (χ2v) is 4.63. The molecule has 102 valence electrons. The number of ether oxygens (including phenoxy) is 1. The van der Waals surface area contributed by atoms with Crippen molar-refractivity contribution in [2.24, 2.45) is 0 Å². The predicted molar refractivity (Wildman–Crippen MR) is 62.5 cm³/mol. The average Bonchev–Trinajstić information content (AvgIpc) is 2.94. The molecule has 0 saturated carbocycles. The van der Waals surface area contributed by atoms with E-state index < -0.39 is 24.4 Å². The molecule has 5 N–H and O–H groups in total. The molecule has 1 saturated heterocycles. The van der Waals surface area contributed by atoms with Crippen molar-refractivity contribution in [1.82, 2.24) is 10.1 Å². The number of nitrogens with two attached hydrogens (primary N) is 1. The molecule has 19 heavy (non-hydrogen) atoms. The van der Waals surface area contributed by atoms with Crippen LogP contribution in [0.15, 0.2) is 12.4 Å². The summed E-state index contributed by atoms with van der Waals surface area (Å²) < 4.78 is 7.08. The lowest BCUT2D eigenvalue weighted by Gasteiger charge is -2.15. The van der Waals surface area contributed by atoms with Crippen LogP contribution in [0, 0.1) is 0 Å². The summed E-state index contributed by atoms with van der Waals surface area (Å²) in [6, 6.07) is -0.388. The van der Waals surface area contributed by atoms with Crippen LogP contribution in [0.25, 0.3) is 6.08 Å². The van der Waals surface area contributed by atoms with Gasteiger partial charge in [-0.3, -0.25) is 0 Å². The second kappa shape index (κ2) is 4.49. The highest BCUT2D eigenvalue weighted by Crippen LogP contribution is 2.30. The van der Waals surface area contributed by atoms with Crippen LogP contribution in [0.4, 0.5) is 5.82 Å². The molecule has 2 aliphatic rings. The monoisotopic (exact) mass is 267 g/mol. The van der Waals surface area contributed by atoms with E-state index in [0.29, 0.717) is 11.5 Å². The normalized spacial score (nSPS) is 36.7. The Labute approximate surface area is 108 Å². The molecule has 3 rings (SSSR count). The Morgan fingerprint density at radius 3 is 2.84 bits per heavy atom. The largest absolute Gasteiger partial charge is 0.394 e. The Bertz CT molecular complexity index is 523. The van der Waals surface area contributed by atoms with Gasteiger partial charge in [-0.25, -0.2) is 4.98 Å². The van der Waals surface area contributed by atoms with Crippen molar-refractivity contribution in [1.29, 1.82) is 0 Å². The quantitative estimate of drug-likeness (QED) is 0.433. The van der Waals surface area contributed by atoms with Gasteiger partial charge in [0.05, 0.1) is 6.61 Å². The standard InChI is InChI=1S/C11H15N4O4/c12-11-6-2-1-5(15(6)14-4-13-11)10-9(18)8(17)7(3-16)19-10/h1-2,4-5,7-10,16-18H,3H2,(H2,12,13,14)/q+1/t5?,7-,8-,9-,10+/m1/s1. The molecule has 1 fully saturated rings. The van der Waals surface area contributed by atoms with Gasteiger partial charge in [0.15, 0.2) is 12.4 Å². The summed E-state index contributed by atoms with van der Waals surface area (Å²) in [7, 11) is 0. The first-order valence-electron chi connectivity index (χ1n) is 5.96. The first-order chi connectivity index (χ1) is 9.13. The van der Waals surface area contributed by atoms with Crippen LogP contribution in [-0.2, 0) is 4.74 Å². The summed E-state index contributed by atoms with van der Waals surface area (Å²) in [6.45, 7) is -0.353. The summed E-state index contributed by atoms with van der Waals surface area (Å²) in [5.41, 5.74) is 6.36. The molecule has 1 unspecified atom stereocenters. The maximum absolute atomic E-state index is 10.0. The smallest absolute Gasteiger partial charge is 0.274 e. The van der Waals surface area contributed by atoms with Gasteiger partial charge < -0.3 is 25.8 Å². The molecule has 0 radical (unpaired) electrons. The SMILES string of the molecule is Nc1ncn[n+]2c1C=CC2[C@@H]1O[C@H](CO)[C@@H](O)[C@H]1O. The van der Waals surface area contributed by atoms with E-state index in [0.717, 1.165) is 0 Å². The minimum atomic E-state index is -1.12. The summed E-state index contributed by atoms with van der Waals surface area (Å²) in [5.74, 6) is 0.334. The van der Waals surface area contributed by atoms with Crippen molar-refractivity contribution < 1.29 is 24.7 Å². The first kappa shape index (κ1) is 12.4. The van der Waals surface area contributed by atoms with Gasteiger partial charge in [-0.2, -0.15) is 0 Å². The fourth-order valence-electron chi connectivity index (χ4n) is 2.52. The molecule has 8 nitrogen and oxygen atoms in total. The number of fused-ring (bicyclic) bond motifs is 1. The molecule has 0 aliphatic carbocycles. The molecule has 0 amide bonds. The fraction of sp³-hybridized carbons (Fsp3) is 0.545. The zero-order valence-corrected chi connectivity index (χ0v) is 9.99. The van der Waals surface area contributed by atoms with Crippen LogP contribution >= 0.6 is 0 Å². The summed E-state index contributed by atoms with van der Waals surface area (Å²) in [6.07, 6.45) is 1.14. The zero-order valence-electron chi connectivity index (χ0n) is 9.99. The summed E-state index contributed by atoms with van der Waals surface area (Å²) >= 11 is 0. The number of aliphatic hydroxyl groups is 3. The van der Waals surface area contributed by atoms with Gasteiger partial charge in [-0.05, 0) is 6.08 Å². The molecule has 5 atom stereocenters. The summed E-state index contributed by atoms with van der Waals surface area (Å²) in [5, 5.41) is 32.9. The number of hydrogen-bond donors (Lipinski definition) is 4. The number of anilines is 1. The number of nitrogens with zero attached hydrogens (tertiary/aromatic N) is 3. The number of rotatable bonds is 2. The highest BCUT2D eigenvalue weighted by molar-refractivity contribution is 5.55. The third-order valence-corrected chi connectivity index (χ3v) is 3.53. The minimum absolute atomic E-state index is 0.334. The Balaban J connectivity index is 1.91. The third-order valence-electron chi connectivity index (χ3n) is 3.53. The Morgan fingerprint density at radius 1 is 1.37 bits per heavy atom. The zero-order chi connectivity index (χ0) is 13.6. The molecule has 1 aromatic heterocycles. The van der Waals surface area contributed by atoms with E-state index in [2.05, 4.69) is 10.1 Å². The van der Waals surface area contributed by atoms with Crippen LogP contribution in [0.1, 0.15) is 11.7 Å². The fourth-order valence-corrected chi connectivity index (χ4v) is 2.52. The van der Waals surface area contributed by atoms with Gasteiger partial charge in [-0.15, -0.1) is 0 Å². The van der Waals surface area contributed by atoms with Crippen LogP contribution in [-0.4, -0.2) is 56.4 Å². The van der Waals surface area contributed by atoms with Crippen LogP contribution in [0.2, 0.25) is 0 Å². The summed E-state index contributed by atoms with van der Waals surface area (Å²) in [4.78, 5) is 3.88. The number of nitrogen functional groups attached to an aromatic ring is 1. The van der Waals surface area contributed by atoms with E-state index in [4.69, 9.17) is 15.6 Å². The molecule has 0 bridgehead atoms. The van der Waals surface area contributed by atoms with Gasteiger partial charge in [-0.1, -0.05) is 4.68 Å². The molecule has 1 aromatic rings. The lowest BCUT2D eigenvalue weighted by Crippen LogP contribution is -2.51. The van der Waals surface area contributed by atoms with Crippen molar-refractivity contribution in [2.45, 2.75) is 30.5 Å². The van der Waals surface area contributed by atoms with Gasteiger partial charge in [0.1, 0.15) is 18.3 Å². The number of aromatic nitrogens is 3. The Hall–Kier alpha value is -1.61. The van der Waals surface area contributed by atoms with E-state index in [-0.39, 0.29) is 12.6 Å². The molecule has 3 heterocycles. The lowest BCUT2D eigenvalue weighted by atomic mass is 10.0. The van der Waals surface area contributed by atoms with Crippen molar-refractivity contribution in [3.8, 4) is 0 Å². The molecule has 0 spiro atoms. The number of aliphatic hydroxyl groups excluding tert-OH is 3. The first-order valence-corrected chi connectivity index (χ1v) is 5.96. The second-order valence-electron chi connectivity index (χ2n) is 4.63. The van der Waals surface area contributed by atoms with E-state index in [1.807, 2.05) is 0 Å². The maximum atomic E-state index is 10.0. The van der Waals surface area contributed by atoms with Crippen molar-refractivity contribution in [3.05, 3.63) is 18.1 Å². The Kier molecular flexibility index (Phi) is 2.94. The van der Waals surface area contributed by atoms with Crippen LogP contribution < -0.4 is 10.4 Å². The Morgan fingerprint density at radius 2 is 2.16 bits per heavy atom. The lowest BCUT2D eigenvalue weighted by molar-refractivity contribution is -0.771. The van der Waals surface area contributed by atoms with Gasteiger partial charge in [0.25, 0.3) is 5.69 Å². The minimum Gasteiger partial charge on any atom is -0.394 e. The van der Waals surface area contributed by atoms with Crippen molar-refractivity contribution in [3.63, 3.8) is 0 Å². The van der Waals surface area contributed by atoms with E-state index >= 15 is 0 Å². The predicted octanol–water partition coefficient (Wildman–Crippen LogP) is -2.60. The van der Waals surface area contributed by atoms with E-state index in [9.17, 15) is 10.2 Å². The van der Waals surface area contributed by atoms with Gasteiger partial charge in [0.2, 0.25) is 11.9 Å². The highest BCUT2D eigenvalue weighted by atomic mass is 16.6. The molecule has 2 aliphatic heterocycles. The van der Waals surface area contributed by atoms with E-state index in [1.54, 1.807) is 16.8 Å².